The molecule has 2 aliphatic rings. The van der Waals surface area contributed by atoms with Gasteiger partial charge >= 0.3 is 0 Å². The summed E-state index contributed by atoms with van der Waals surface area (Å²) in [6.45, 7) is 0. The summed E-state index contributed by atoms with van der Waals surface area (Å²) in [6.07, 6.45) is 6.81. The van der Waals surface area contributed by atoms with E-state index in [1.807, 2.05) is 11.9 Å². The molecule has 0 aromatic carbocycles. The minimum absolute atomic E-state index is 0.164. The summed E-state index contributed by atoms with van der Waals surface area (Å²) >= 11 is 0. The third kappa shape index (κ3) is 2.33. The Morgan fingerprint density at radius 3 is 2.20 bits per heavy atom. The van der Waals surface area contributed by atoms with Crippen LogP contribution in [0.3, 0.4) is 0 Å². The first-order valence-corrected chi connectivity index (χ1v) is 6.13. The van der Waals surface area contributed by atoms with E-state index in [1.165, 1.54) is 19.3 Å². The molecular weight excluding hydrogens is 190 g/mol. The minimum atomic E-state index is -0.164. The molecule has 0 bridgehead atoms. The molecular formula is C12H21NO2. The summed E-state index contributed by atoms with van der Waals surface area (Å²) in [6, 6.07) is 0.504. The maximum absolute atomic E-state index is 12.1. The lowest BCUT2D eigenvalue weighted by atomic mass is 9.85. The Bertz CT molecular complexity index is 230. The summed E-state index contributed by atoms with van der Waals surface area (Å²) in [7, 11) is 1.94. The van der Waals surface area contributed by atoms with E-state index < -0.39 is 0 Å². The molecule has 2 saturated carbocycles. The van der Waals surface area contributed by atoms with Gasteiger partial charge in [-0.2, -0.15) is 0 Å². The van der Waals surface area contributed by atoms with Gasteiger partial charge in [0.25, 0.3) is 0 Å². The van der Waals surface area contributed by atoms with Crippen LogP contribution in [0, 0.1) is 5.92 Å². The molecule has 1 N–H and O–H groups in total. The van der Waals surface area contributed by atoms with Crippen molar-refractivity contribution in [2.75, 3.05) is 7.05 Å². The molecule has 0 aromatic rings. The number of hydrogen-bond donors (Lipinski definition) is 1. The molecule has 15 heavy (non-hydrogen) atoms. The zero-order chi connectivity index (χ0) is 10.8. The van der Waals surface area contributed by atoms with E-state index in [-0.39, 0.29) is 12.0 Å². The summed E-state index contributed by atoms with van der Waals surface area (Å²) in [5.74, 6) is 0.491. The average molecular weight is 211 g/mol. The first-order chi connectivity index (χ1) is 7.18. The van der Waals surface area contributed by atoms with E-state index >= 15 is 0 Å². The van der Waals surface area contributed by atoms with Crippen LogP contribution in [-0.4, -0.2) is 35.1 Å². The lowest BCUT2D eigenvalue weighted by molar-refractivity contribution is -0.139. The molecule has 0 atom stereocenters. The standard InChI is InChI=1S/C12H21NO2/c1-13(10-3-2-4-10)12(15)9-5-7-11(14)8-6-9/h9-11,14H,2-8H2,1H3. The first kappa shape index (κ1) is 10.9. The Morgan fingerprint density at radius 1 is 1.13 bits per heavy atom. The highest BCUT2D eigenvalue weighted by molar-refractivity contribution is 5.79. The normalized spacial score (nSPS) is 32.1. The van der Waals surface area contributed by atoms with Crippen LogP contribution in [0.15, 0.2) is 0 Å². The molecule has 3 heteroatoms. The number of carbonyl (C=O) groups is 1. The van der Waals surface area contributed by atoms with Crippen molar-refractivity contribution < 1.29 is 9.90 Å². The summed E-state index contributed by atoms with van der Waals surface area (Å²) in [4.78, 5) is 14.0. The van der Waals surface area contributed by atoms with Gasteiger partial charge in [-0.05, 0) is 44.9 Å². The first-order valence-electron chi connectivity index (χ1n) is 6.13. The van der Waals surface area contributed by atoms with Gasteiger partial charge in [0, 0.05) is 19.0 Å². The molecule has 2 fully saturated rings. The van der Waals surface area contributed by atoms with Crippen LogP contribution in [-0.2, 0) is 4.79 Å². The molecule has 0 aromatic heterocycles. The second-order valence-corrected chi connectivity index (χ2v) is 5.04. The number of amides is 1. The van der Waals surface area contributed by atoms with Gasteiger partial charge in [-0.3, -0.25) is 4.79 Å². The zero-order valence-corrected chi connectivity index (χ0v) is 9.48. The molecule has 3 nitrogen and oxygen atoms in total. The number of aliphatic hydroxyl groups excluding tert-OH is 1. The summed E-state index contributed by atoms with van der Waals surface area (Å²) in [5.41, 5.74) is 0. The van der Waals surface area contributed by atoms with Gasteiger partial charge in [0.1, 0.15) is 0 Å². The van der Waals surface area contributed by atoms with Crippen molar-refractivity contribution >= 4 is 5.91 Å². The molecule has 0 unspecified atom stereocenters. The van der Waals surface area contributed by atoms with Crippen molar-refractivity contribution in [2.24, 2.45) is 5.92 Å². The van der Waals surface area contributed by atoms with Crippen LogP contribution in [0.2, 0.25) is 0 Å². The van der Waals surface area contributed by atoms with Crippen LogP contribution in [0.1, 0.15) is 44.9 Å². The largest absolute Gasteiger partial charge is 0.393 e. The molecule has 2 rings (SSSR count). The maximum Gasteiger partial charge on any atom is 0.225 e. The fraction of sp³-hybridized carbons (Fsp3) is 0.917. The number of carbonyl (C=O) groups excluding carboxylic acids is 1. The summed E-state index contributed by atoms with van der Waals surface area (Å²) in [5, 5.41) is 9.39. The number of nitrogens with zero attached hydrogens (tertiary/aromatic N) is 1. The van der Waals surface area contributed by atoms with Crippen LogP contribution in [0.25, 0.3) is 0 Å². The fourth-order valence-corrected chi connectivity index (χ4v) is 2.56. The Kier molecular flexibility index (Phi) is 3.29. The predicted molar refractivity (Wildman–Crippen MR) is 58.4 cm³/mol. The second-order valence-electron chi connectivity index (χ2n) is 5.04. The van der Waals surface area contributed by atoms with Gasteiger partial charge in [0.05, 0.1) is 6.10 Å². The molecule has 0 spiro atoms. The highest BCUT2D eigenvalue weighted by atomic mass is 16.3. The Labute approximate surface area is 91.5 Å². The van der Waals surface area contributed by atoms with Crippen LogP contribution < -0.4 is 0 Å². The van der Waals surface area contributed by atoms with E-state index in [4.69, 9.17) is 0 Å². The molecule has 0 heterocycles. The van der Waals surface area contributed by atoms with Crippen molar-refractivity contribution in [3.63, 3.8) is 0 Å². The van der Waals surface area contributed by atoms with E-state index in [2.05, 4.69) is 0 Å². The van der Waals surface area contributed by atoms with E-state index in [0.717, 1.165) is 25.7 Å². The quantitative estimate of drug-likeness (QED) is 0.753. The Hall–Kier alpha value is -0.570. The lowest BCUT2D eigenvalue weighted by Crippen LogP contribution is -2.45. The highest BCUT2D eigenvalue weighted by Crippen LogP contribution is 2.29. The molecule has 86 valence electrons. The number of hydrogen-bond acceptors (Lipinski definition) is 2. The SMILES string of the molecule is CN(C(=O)C1CCC(O)CC1)C1CCC1. The number of rotatable bonds is 2. The lowest BCUT2D eigenvalue weighted by Gasteiger charge is -2.37. The summed E-state index contributed by atoms with van der Waals surface area (Å²) < 4.78 is 0. The Balaban J connectivity index is 1.84. The minimum Gasteiger partial charge on any atom is -0.393 e. The monoisotopic (exact) mass is 211 g/mol. The van der Waals surface area contributed by atoms with Crippen molar-refractivity contribution in [1.29, 1.82) is 0 Å². The van der Waals surface area contributed by atoms with Crippen molar-refractivity contribution in [2.45, 2.75) is 57.1 Å². The third-order valence-corrected chi connectivity index (χ3v) is 4.02. The van der Waals surface area contributed by atoms with Gasteiger partial charge in [-0.25, -0.2) is 0 Å². The maximum atomic E-state index is 12.1. The highest BCUT2D eigenvalue weighted by Gasteiger charge is 2.32. The molecule has 0 radical (unpaired) electrons. The molecule has 0 aliphatic heterocycles. The van der Waals surface area contributed by atoms with E-state index in [1.54, 1.807) is 0 Å². The van der Waals surface area contributed by atoms with Gasteiger partial charge in [0.15, 0.2) is 0 Å². The topological polar surface area (TPSA) is 40.5 Å². The van der Waals surface area contributed by atoms with E-state index in [0.29, 0.717) is 11.9 Å². The van der Waals surface area contributed by atoms with Gasteiger partial charge in [0.2, 0.25) is 5.91 Å². The van der Waals surface area contributed by atoms with Gasteiger partial charge < -0.3 is 10.0 Å². The molecule has 2 aliphatic carbocycles. The average Bonchev–Trinajstić information content (AvgIpc) is 2.15. The number of aliphatic hydroxyl groups is 1. The van der Waals surface area contributed by atoms with E-state index in [9.17, 15) is 9.90 Å². The van der Waals surface area contributed by atoms with Crippen molar-refractivity contribution in [3.8, 4) is 0 Å². The Morgan fingerprint density at radius 2 is 1.73 bits per heavy atom. The van der Waals surface area contributed by atoms with Crippen LogP contribution in [0.5, 0.6) is 0 Å². The second kappa shape index (κ2) is 4.52. The van der Waals surface area contributed by atoms with Crippen molar-refractivity contribution in [3.05, 3.63) is 0 Å². The fourth-order valence-electron chi connectivity index (χ4n) is 2.56. The van der Waals surface area contributed by atoms with Gasteiger partial charge in [-0.1, -0.05) is 0 Å². The van der Waals surface area contributed by atoms with Crippen LogP contribution in [0.4, 0.5) is 0 Å². The third-order valence-electron chi connectivity index (χ3n) is 4.02. The molecule has 1 amide bonds. The predicted octanol–water partition coefficient (Wildman–Crippen LogP) is 1.55. The smallest absolute Gasteiger partial charge is 0.225 e. The van der Waals surface area contributed by atoms with Crippen LogP contribution >= 0.6 is 0 Å². The van der Waals surface area contributed by atoms with Gasteiger partial charge in [-0.15, -0.1) is 0 Å². The zero-order valence-electron chi connectivity index (χ0n) is 9.48. The van der Waals surface area contributed by atoms with Crippen molar-refractivity contribution in [1.82, 2.24) is 4.90 Å². The molecule has 0 saturated heterocycles.